The molecule has 0 aliphatic carbocycles. The van der Waals surface area contributed by atoms with Gasteiger partial charge in [-0.1, -0.05) is 0 Å². The molecule has 0 aliphatic rings. The molecule has 19 heavy (non-hydrogen) atoms. The second-order valence-electron chi connectivity index (χ2n) is 3.95. The van der Waals surface area contributed by atoms with Crippen molar-refractivity contribution in [2.24, 2.45) is 7.05 Å². The normalized spacial score (nSPS) is 10.5. The SMILES string of the molecule is COC(=O)c1nc(NCCc2nncn2C)sc1C. The first kappa shape index (κ1) is 13.5. The molecule has 0 spiro atoms. The minimum Gasteiger partial charge on any atom is -0.464 e. The number of rotatable bonds is 5. The Morgan fingerprint density at radius 2 is 2.37 bits per heavy atom. The molecule has 7 nitrogen and oxygen atoms in total. The van der Waals surface area contributed by atoms with Crippen LogP contribution in [0.25, 0.3) is 0 Å². The third-order valence-corrected chi connectivity index (χ3v) is 3.53. The number of hydrogen-bond donors (Lipinski definition) is 1. The van der Waals surface area contributed by atoms with Crippen LogP contribution in [0.15, 0.2) is 6.33 Å². The summed E-state index contributed by atoms with van der Waals surface area (Å²) in [6, 6.07) is 0. The number of carbonyl (C=O) groups is 1. The zero-order chi connectivity index (χ0) is 13.8. The van der Waals surface area contributed by atoms with E-state index in [2.05, 4.69) is 25.2 Å². The second-order valence-corrected chi connectivity index (χ2v) is 5.15. The van der Waals surface area contributed by atoms with Crippen LogP contribution in [0.2, 0.25) is 0 Å². The Morgan fingerprint density at radius 3 is 3.00 bits per heavy atom. The summed E-state index contributed by atoms with van der Waals surface area (Å²) < 4.78 is 6.54. The quantitative estimate of drug-likeness (QED) is 0.824. The highest BCUT2D eigenvalue weighted by Crippen LogP contribution is 2.22. The second kappa shape index (κ2) is 5.79. The number of nitrogens with zero attached hydrogens (tertiary/aromatic N) is 4. The van der Waals surface area contributed by atoms with Gasteiger partial charge < -0.3 is 14.6 Å². The van der Waals surface area contributed by atoms with Crippen LogP contribution in [0.3, 0.4) is 0 Å². The van der Waals surface area contributed by atoms with Gasteiger partial charge in [0.2, 0.25) is 0 Å². The molecule has 0 unspecified atom stereocenters. The summed E-state index contributed by atoms with van der Waals surface area (Å²) in [7, 11) is 3.25. The van der Waals surface area contributed by atoms with Gasteiger partial charge in [-0.15, -0.1) is 21.5 Å². The molecule has 8 heteroatoms. The van der Waals surface area contributed by atoms with E-state index in [0.29, 0.717) is 17.4 Å². The molecule has 0 radical (unpaired) electrons. The van der Waals surface area contributed by atoms with E-state index in [0.717, 1.165) is 17.1 Å². The topological polar surface area (TPSA) is 81.9 Å². The summed E-state index contributed by atoms with van der Waals surface area (Å²) in [4.78, 5) is 16.5. The molecule has 1 N–H and O–H groups in total. The van der Waals surface area contributed by atoms with Gasteiger partial charge in [0.1, 0.15) is 12.2 Å². The maximum Gasteiger partial charge on any atom is 0.357 e. The molecule has 2 heterocycles. The molecule has 0 aromatic carbocycles. The van der Waals surface area contributed by atoms with Crippen LogP contribution in [-0.4, -0.2) is 39.4 Å². The number of ether oxygens (including phenoxy) is 1. The Labute approximate surface area is 114 Å². The van der Waals surface area contributed by atoms with Crippen LogP contribution < -0.4 is 5.32 Å². The summed E-state index contributed by atoms with van der Waals surface area (Å²) in [6.07, 6.45) is 2.40. The highest BCUT2D eigenvalue weighted by Gasteiger charge is 2.15. The number of anilines is 1. The summed E-state index contributed by atoms with van der Waals surface area (Å²) in [5.41, 5.74) is 0.369. The van der Waals surface area contributed by atoms with Crippen molar-refractivity contribution in [2.45, 2.75) is 13.3 Å². The number of nitrogens with one attached hydrogen (secondary N) is 1. The summed E-state index contributed by atoms with van der Waals surface area (Å²) in [5, 5.41) is 11.7. The predicted molar refractivity (Wildman–Crippen MR) is 71.4 cm³/mol. The van der Waals surface area contributed by atoms with Gasteiger partial charge in [0.05, 0.1) is 7.11 Å². The van der Waals surface area contributed by atoms with Crippen LogP contribution in [0, 0.1) is 6.92 Å². The van der Waals surface area contributed by atoms with Gasteiger partial charge in [0, 0.05) is 24.9 Å². The molecule has 2 aromatic rings. The zero-order valence-electron chi connectivity index (χ0n) is 11.0. The minimum atomic E-state index is -0.407. The Balaban J connectivity index is 1.93. The van der Waals surface area contributed by atoms with E-state index in [1.165, 1.54) is 18.4 Å². The number of carbonyl (C=O) groups excluding carboxylic acids is 1. The Hall–Kier alpha value is -1.96. The van der Waals surface area contributed by atoms with Gasteiger partial charge in [-0.25, -0.2) is 9.78 Å². The molecule has 0 aliphatic heterocycles. The number of aromatic nitrogens is 4. The predicted octanol–water partition coefficient (Wildman–Crippen LogP) is 1.02. The molecule has 2 aromatic heterocycles. The van der Waals surface area contributed by atoms with Crippen LogP contribution in [0.1, 0.15) is 21.2 Å². The first-order valence-electron chi connectivity index (χ1n) is 5.74. The van der Waals surface area contributed by atoms with Crippen molar-refractivity contribution in [3.05, 3.63) is 22.7 Å². The number of aryl methyl sites for hydroxylation is 2. The fourth-order valence-corrected chi connectivity index (χ4v) is 2.40. The molecular weight excluding hydrogens is 266 g/mol. The Morgan fingerprint density at radius 1 is 1.58 bits per heavy atom. The molecule has 0 saturated heterocycles. The third kappa shape index (κ3) is 3.08. The van der Waals surface area contributed by atoms with E-state index in [9.17, 15) is 4.79 Å². The fourth-order valence-electron chi connectivity index (χ4n) is 1.57. The first-order valence-corrected chi connectivity index (χ1v) is 6.56. The Bertz CT molecular complexity index is 577. The smallest absolute Gasteiger partial charge is 0.357 e. The number of methoxy groups -OCH3 is 1. The standard InChI is InChI=1S/C11H15N5O2S/c1-7-9(10(17)18-3)14-11(19-7)12-5-4-8-15-13-6-16(8)2/h6H,4-5H2,1-3H3,(H,12,14). The monoisotopic (exact) mass is 281 g/mol. The van der Waals surface area contributed by atoms with Crippen LogP contribution in [0.5, 0.6) is 0 Å². The van der Waals surface area contributed by atoms with E-state index in [4.69, 9.17) is 0 Å². The highest BCUT2D eigenvalue weighted by atomic mass is 32.1. The number of thiazole rings is 1. The van der Waals surface area contributed by atoms with Gasteiger partial charge in [-0.3, -0.25) is 0 Å². The van der Waals surface area contributed by atoms with E-state index in [1.54, 1.807) is 6.33 Å². The largest absolute Gasteiger partial charge is 0.464 e. The molecule has 0 fully saturated rings. The van der Waals surface area contributed by atoms with Crippen molar-refractivity contribution >= 4 is 22.4 Å². The average molecular weight is 281 g/mol. The fraction of sp³-hybridized carbons (Fsp3) is 0.455. The molecule has 0 amide bonds. The summed E-state index contributed by atoms with van der Waals surface area (Å²) >= 11 is 1.43. The summed E-state index contributed by atoms with van der Waals surface area (Å²) in [5.74, 6) is 0.490. The van der Waals surface area contributed by atoms with Gasteiger partial charge in [-0.2, -0.15) is 0 Å². The molecular formula is C11H15N5O2S. The van der Waals surface area contributed by atoms with Crippen molar-refractivity contribution < 1.29 is 9.53 Å². The molecule has 0 saturated carbocycles. The lowest BCUT2D eigenvalue weighted by Crippen LogP contribution is -2.09. The van der Waals surface area contributed by atoms with Crippen LogP contribution in [-0.2, 0) is 18.2 Å². The van der Waals surface area contributed by atoms with Gasteiger partial charge in [0.15, 0.2) is 10.8 Å². The van der Waals surface area contributed by atoms with Crippen molar-refractivity contribution in [3.63, 3.8) is 0 Å². The summed E-state index contributed by atoms with van der Waals surface area (Å²) in [6.45, 7) is 2.53. The maximum atomic E-state index is 11.4. The number of esters is 1. The highest BCUT2D eigenvalue weighted by molar-refractivity contribution is 7.15. The zero-order valence-corrected chi connectivity index (χ0v) is 11.8. The molecule has 0 atom stereocenters. The maximum absolute atomic E-state index is 11.4. The lowest BCUT2D eigenvalue weighted by atomic mass is 10.4. The van der Waals surface area contributed by atoms with Crippen LogP contribution >= 0.6 is 11.3 Å². The number of hydrogen-bond acceptors (Lipinski definition) is 7. The van der Waals surface area contributed by atoms with E-state index in [-0.39, 0.29) is 0 Å². The average Bonchev–Trinajstić information content (AvgIpc) is 2.96. The lowest BCUT2D eigenvalue weighted by Gasteiger charge is -2.01. The molecule has 0 bridgehead atoms. The first-order chi connectivity index (χ1) is 9.11. The molecule has 2 rings (SSSR count). The lowest BCUT2D eigenvalue weighted by molar-refractivity contribution is 0.0594. The van der Waals surface area contributed by atoms with Crippen molar-refractivity contribution in [1.29, 1.82) is 0 Å². The molecule has 102 valence electrons. The van der Waals surface area contributed by atoms with Crippen molar-refractivity contribution in [2.75, 3.05) is 19.0 Å². The third-order valence-electron chi connectivity index (χ3n) is 2.61. The van der Waals surface area contributed by atoms with E-state index < -0.39 is 5.97 Å². The Kier molecular flexibility index (Phi) is 4.10. The van der Waals surface area contributed by atoms with Gasteiger partial charge in [0.25, 0.3) is 0 Å². The van der Waals surface area contributed by atoms with Crippen molar-refractivity contribution in [1.82, 2.24) is 19.7 Å². The van der Waals surface area contributed by atoms with Crippen molar-refractivity contribution in [3.8, 4) is 0 Å². The van der Waals surface area contributed by atoms with Crippen LogP contribution in [0.4, 0.5) is 5.13 Å². The van der Waals surface area contributed by atoms with Gasteiger partial charge >= 0.3 is 5.97 Å². The minimum absolute atomic E-state index is 0.369. The van der Waals surface area contributed by atoms with E-state index >= 15 is 0 Å². The van der Waals surface area contributed by atoms with E-state index in [1.807, 2.05) is 18.5 Å². The van der Waals surface area contributed by atoms with Gasteiger partial charge in [-0.05, 0) is 6.92 Å².